The Bertz CT molecular complexity index is 1790. The zero-order chi connectivity index (χ0) is 34.9. The number of fused-ring (bicyclic) bond motifs is 1. The number of nitrogens with zero attached hydrogens (tertiary/aromatic N) is 2. The lowest BCUT2D eigenvalue weighted by Gasteiger charge is -2.26. The van der Waals surface area contributed by atoms with Gasteiger partial charge in [-0.05, 0) is 87.4 Å². The van der Waals surface area contributed by atoms with Gasteiger partial charge in [0.2, 0.25) is 5.91 Å². The molecule has 6 nitrogen and oxygen atoms in total. The van der Waals surface area contributed by atoms with E-state index in [0.717, 1.165) is 58.6 Å². The first-order chi connectivity index (χ1) is 23.3. The third-order valence-corrected chi connectivity index (χ3v) is 11.2. The second-order valence-electron chi connectivity index (χ2n) is 15.2. The van der Waals surface area contributed by atoms with E-state index in [1.807, 2.05) is 56.8 Å². The molecule has 1 saturated carbocycles. The molecule has 4 aromatic rings. The predicted molar refractivity (Wildman–Crippen MR) is 200 cm³/mol. The van der Waals surface area contributed by atoms with Gasteiger partial charge in [-0.1, -0.05) is 74.8 Å². The Morgan fingerprint density at radius 3 is 2.41 bits per heavy atom. The molecule has 6 rings (SSSR count). The van der Waals surface area contributed by atoms with Gasteiger partial charge < -0.3 is 18.9 Å². The lowest BCUT2D eigenvalue weighted by Crippen LogP contribution is -2.40. The number of esters is 1. The number of aromatic nitrogens is 1. The number of likely N-dealkylation sites (tertiary alicyclic amines) is 1. The molecule has 0 spiro atoms. The maximum Gasteiger partial charge on any atom is 0.311 e. The molecule has 0 bridgehead atoms. The Labute approximate surface area is 300 Å². The quantitative estimate of drug-likeness (QED) is 0.109. The van der Waals surface area contributed by atoms with Crippen LogP contribution >= 0.6 is 23.4 Å². The van der Waals surface area contributed by atoms with Crippen molar-refractivity contribution in [2.24, 2.45) is 11.3 Å². The molecule has 1 amide bonds. The lowest BCUT2D eigenvalue weighted by molar-refractivity contribution is -0.153. The average Bonchev–Trinajstić information content (AvgIpc) is 3.66. The van der Waals surface area contributed by atoms with Crippen molar-refractivity contribution in [3.8, 4) is 5.75 Å². The Morgan fingerprint density at radius 2 is 1.71 bits per heavy atom. The second-order valence-corrected chi connectivity index (χ2v) is 17.4. The van der Waals surface area contributed by atoms with Crippen LogP contribution in [-0.4, -0.2) is 51.9 Å². The van der Waals surface area contributed by atoms with E-state index in [2.05, 4.69) is 78.8 Å². The van der Waals surface area contributed by atoms with Gasteiger partial charge in [0, 0.05) is 56.7 Å². The highest BCUT2D eigenvalue weighted by atomic mass is 35.5. The lowest BCUT2D eigenvalue weighted by atomic mass is 9.87. The SMILES string of the molecule is CCOC(=O)C(C)(C)Cc1c(SC(C)(C)C)c2cc(OCC3CCCN3C(=O)[C@H]3C[C@@H]3c3ccccc3)ccc2n1Cc1ccc(Cl)cc1. The van der Waals surface area contributed by atoms with E-state index in [1.54, 1.807) is 0 Å². The Morgan fingerprint density at radius 1 is 0.980 bits per heavy atom. The fourth-order valence-electron chi connectivity index (χ4n) is 7.05. The summed E-state index contributed by atoms with van der Waals surface area (Å²) in [6.45, 7) is 14.7. The minimum Gasteiger partial charge on any atom is -0.491 e. The number of halogens is 1. The smallest absolute Gasteiger partial charge is 0.311 e. The number of ether oxygens (including phenoxy) is 2. The van der Waals surface area contributed by atoms with Crippen molar-refractivity contribution in [1.29, 1.82) is 0 Å². The maximum absolute atomic E-state index is 13.6. The van der Waals surface area contributed by atoms with Crippen LogP contribution in [0.4, 0.5) is 0 Å². The number of hydrogen-bond donors (Lipinski definition) is 0. The number of benzene rings is 3. The number of amides is 1. The minimum atomic E-state index is -0.728. The molecule has 1 aliphatic carbocycles. The predicted octanol–water partition coefficient (Wildman–Crippen LogP) is 9.54. The van der Waals surface area contributed by atoms with E-state index in [-0.39, 0.29) is 28.6 Å². The van der Waals surface area contributed by atoms with Crippen molar-refractivity contribution >= 4 is 46.1 Å². The Kier molecular flexibility index (Phi) is 10.4. The molecule has 1 unspecified atom stereocenters. The van der Waals surface area contributed by atoms with Crippen LogP contribution in [-0.2, 0) is 27.3 Å². The van der Waals surface area contributed by atoms with Crippen LogP contribution in [0.25, 0.3) is 10.9 Å². The van der Waals surface area contributed by atoms with E-state index >= 15 is 0 Å². The molecule has 1 aliphatic heterocycles. The van der Waals surface area contributed by atoms with Gasteiger partial charge in [-0.2, -0.15) is 0 Å². The zero-order valence-corrected chi connectivity index (χ0v) is 31.2. The van der Waals surface area contributed by atoms with Gasteiger partial charge in [0.1, 0.15) is 12.4 Å². The molecular formula is C41H49ClN2O4S. The van der Waals surface area contributed by atoms with E-state index in [0.29, 0.717) is 37.1 Å². The summed E-state index contributed by atoms with van der Waals surface area (Å²) in [5.74, 6) is 1.26. The van der Waals surface area contributed by atoms with Gasteiger partial charge in [0.25, 0.3) is 0 Å². The molecule has 8 heteroatoms. The highest BCUT2D eigenvalue weighted by Gasteiger charge is 2.47. The van der Waals surface area contributed by atoms with E-state index in [9.17, 15) is 9.59 Å². The molecule has 0 N–H and O–H groups in total. The largest absolute Gasteiger partial charge is 0.491 e. The van der Waals surface area contributed by atoms with Crippen molar-refractivity contribution in [2.75, 3.05) is 19.8 Å². The fourth-order valence-corrected chi connectivity index (χ4v) is 8.36. The number of hydrogen-bond acceptors (Lipinski definition) is 5. The average molecular weight is 701 g/mol. The molecule has 0 radical (unpaired) electrons. The van der Waals surface area contributed by atoms with Crippen molar-refractivity contribution in [3.63, 3.8) is 0 Å². The molecule has 1 saturated heterocycles. The summed E-state index contributed by atoms with van der Waals surface area (Å²) < 4.78 is 14.3. The first-order valence-electron chi connectivity index (χ1n) is 17.6. The normalized spacial score (nSPS) is 19.3. The molecule has 3 aromatic carbocycles. The molecule has 2 aliphatic rings. The fraction of sp³-hybridized carbons (Fsp3) is 0.463. The number of rotatable bonds is 12. The molecule has 2 heterocycles. The second kappa shape index (κ2) is 14.4. The first kappa shape index (κ1) is 35.4. The maximum atomic E-state index is 13.6. The van der Waals surface area contributed by atoms with Crippen LogP contribution in [0.1, 0.15) is 83.5 Å². The van der Waals surface area contributed by atoms with Gasteiger partial charge in [0.05, 0.1) is 18.1 Å². The first-order valence-corrected chi connectivity index (χ1v) is 18.8. The summed E-state index contributed by atoms with van der Waals surface area (Å²) in [5.41, 5.74) is 3.85. The minimum absolute atomic E-state index is 0.0686. The van der Waals surface area contributed by atoms with Crippen molar-refractivity contribution in [1.82, 2.24) is 9.47 Å². The van der Waals surface area contributed by atoms with E-state index < -0.39 is 5.41 Å². The highest BCUT2D eigenvalue weighted by molar-refractivity contribution is 8.00. The van der Waals surface area contributed by atoms with Gasteiger partial charge in [0.15, 0.2) is 0 Å². The molecule has 49 heavy (non-hydrogen) atoms. The third-order valence-electron chi connectivity index (χ3n) is 9.63. The monoisotopic (exact) mass is 700 g/mol. The standard InChI is InChI=1S/C41H49ClN2O4S/c1-7-47-39(46)41(5,6)24-36-37(49-40(2,3)4)34-22-31(19-20-35(34)44(36)25-27-15-17-29(42)18-16-27)48-26-30-14-11-21-43(30)38(45)33-23-32(33)28-12-9-8-10-13-28/h8-10,12-13,15-20,22,30,32-33H,7,11,14,21,23-26H2,1-6H3/t30?,32-,33+/m1/s1. The molecular weight excluding hydrogens is 652 g/mol. The van der Waals surface area contributed by atoms with Gasteiger partial charge >= 0.3 is 5.97 Å². The van der Waals surface area contributed by atoms with Crippen molar-refractivity contribution in [3.05, 3.63) is 94.6 Å². The highest BCUT2D eigenvalue weighted by Crippen LogP contribution is 2.49. The van der Waals surface area contributed by atoms with Crippen LogP contribution in [0, 0.1) is 11.3 Å². The number of thioether (sulfide) groups is 1. The Hall–Kier alpha value is -3.42. The number of carbonyl (C=O) groups is 2. The summed E-state index contributed by atoms with van der Waals surface area (Å²) in [4.78, 5) is 30.0. The van der Waals surface area contributed by atoms with Gasteiger partial charge in [-0.25, -0.2) is 0 Å². The van der Waals surface area contributed by atoms with Crippen LogP contribution in [0.3, 0.4) is 0 Å². The van der Waals surface area contributed by atoms with E-state index in [1.165, 1.54) is 5.56 Å². The Balaban J connectivity index is 1.29. The van der Waals surface area contributed by atoms with Crippen LogP contribution < -0.4 is 4.74 Å². The summed E-state index contributed by atoms with van der Waals surface area (Å²) in [7, 11) is 0. The van der Waals surface area contributed by atoms with Gasteiger partial charge in [-0.15, -0.1) is 11.8 Å². The topological polar surface area (TPSA) is 60.8 Å². The van der Waals surface area contributed by atoms with Crippen molar-refractivity contribution in [2.45, 2.75) is 95.4 Å². The molecule has 1 aromatic heterocycles. The third kappa shape index (κ3) is 8.15. The zero-order valence-electron chi connectivity index (χ0n) is 29.6. The van der Waals surface area contributed by atoms with E-state index in [4.69, 9.17) is 21.1 Å². The van der Waals surface area contributed by atoms with Crippen LogP contribution in [0.15, 0.2) is 77.7 Å². The molecule has 260 valence electrons. The number of carbonyl (C=O) groups excluding carboxylic acids is 2. The summed E-state index contributed by atoms with van der Waals surface area (Å²) >= 11 is 8.06. The van der Waals surface area contributed by atoms with Crippen LogP contribution in [0.5, 0.6) is 5.75 Å². The van der Waals surface area contributed by atoms with Crippen LogP contribution in [0.2, 0.25) is 5.02 Å². The summed E-state index contributed by atoms with van der Waals surface area (Å²) in [6.07, 6.45) is 3.40. The summed E-state index contributed by atoms with van der Waals surface area (Å²) in [6, 6.07) is 24.8. The van der Waals surface area contributed by atoms with Gasteiger partial charge in [-0.3, -0.25) is 9.59 Å². The molecule has 2 fully saturated rings. The molecule has 3 atom stereocenters. The van der Waals surface area contributed by atoms with Crippen molar-refractivity contribution < 1.29 is 19.1 Å². The summed E-state index contributed by atoms with van der Waals surface area (Å²) in [5, 5.41) is 1.80.